The number of ether oxygens (including phenoxy) is 1. The fourth-order valence-electron chi connectivity index (χ4n) is 2.08. The summed E-state index contributed by atoms with van der Waals surface area (Å²) in [5.41, 5.74) is 5.61. The van der Waals surface area contributed by atoms with Gasteiger partial charge < -0.3 is 10.5 Å². The maximum Gasteiger partial charge on any atom is 0.364 e. The summed E-state index contributed by atoms with van der Waals surface area (Å²) in [6, 6.07) is 13.4. The van der Waals surface area contributed by atoms with E-state index in [0.717, 1.165) is 0 Å². The Morgan fingerprint density at radius 1 is 1.08 bits per heavy atom. The molecule has 0 aliphatic rings. The van der Waals surface area contributed by atoms with Crippen LogP contribution in [0.5, 0.6) is 5.75 Å². The zero-order valence-corrected chi connectivity index (χ0v) is 12.3. The van der Waals surface area contributed by atoms with Gasteiger partial charge in [0.25, 0.3) is 0 Å². The Labute approximate surface area is 136 Å². The monoisotopic (exact) mass is 325 g/mol. The van der Waals surface area contributed by atoms with E-state index in [0.29, 0.717) is 0 Å². The number of benzene rings is 2. The second-order valence-corrected chi connectivity index (χ2v) is 4.88. The summed E-state index contributed by atoms with van der Waals surface area (Å²) in [5.74, 6) is -1.66. The van der Waals surface area contributed by atoms with Gasteiger partial charge in [0.05, 0.1) is 0 Å². The molecule has 0 saturated heterocycles. The number of halogens is 1. The molecule has 0 atom stereocenters. The molecule has 0 aliphatic heterocycles. The van der Waals surface area contributed by atoms with E-state index in [9.17, 15) is 14.0 Å². The van der Waals surface area contributed by atoms with E-state index in [1.165, 1.54) is 47.3 Å². The number of rotatable bonds is 4. The smallest absolute Gasteiger partial charge is 0.364 e. The second-order valence-electron chi connectivity index (χ2n) is 4.88. The van der Waals surface area contributed by atoms with Gasteiger partial charge in [-0.1, -0.05) is 18.2 Å². The standard InChI is InChI=1S/C17H12FN3O3/c18-13-6-1-2-7-15(13)21-9-8-14(20-21)17(23)24-12-5-3-4-11(10-12)16(19)22/h1-10H,(H2,19,22). The van der Waals surface area contributed by atoms with Crippen molar-refractivity contribution in [2.45, 2.75) is 0 Å². The highest BCUT2D eigenvalue weighted by molar-refractivity contribution is 5.94. The quantitative estimate of drug-likeness (QED) is 0.589. The van der Waals surface area contributed by atoms with E-state index in [1.54, 1.807) is 18.2 Å². The lowest BCUT2D eigenvalue weighted by Gasteiger charge is -2.04. The molecule has 0 bridgehead atoms. The first-order valence-corrected chi connectivity index (χ1v) is 6.97. The molecule has 3 aromatic rings. The molecule has 0 fully saturated rings. The highest BCUT2D eigenvalue weighted by Crippen LogP contribution is 2.16. The highest BCUT2D eigenvalue weighted by Gasteiger charge is 2.14. The third kappa shape index (κ3) is 3.14. The average molecular weight is 325 g/mol. The predicted octanol–water partition coefficient (Wildman–Crippen LogP) is 2.33. The van der Waals surface area contributed by atoms with Crippen LogP contribution in [0.25, 0.3) is 5.69 Å². The molecule has 1 aromatic heterocycles. The third-order valence-corrected chi connectivity index (χ3v) is 3.23. The summed E-state index contributed by atoms with van der Waals surface area (Å²) in [6.07, 6.45) is 1.45. The topological polar surface area (TPSA) is 87.2 Å². The van der Waals surface area contributed by atoms with Crippen molar-refractivity contribution in [3.8, 4) is 11.4 Å². The Hall–Kier alpha value is -3.48. The van der Waals surface area contributed by atoms with Crippen LogP contribution in [0.4, 0.5) is 4.39 Å². The van der Waals surface area contributed by atoms with E-state index in [1.807, 2.05) is 0 Å². The molecule has 0 aliphatic carbocycles. The first-order chi connectivity index (χ1) is 11.5. The minimum atomic E-state index is -0.730. The largest absolute Gasteiger partial charge is 0.422 e. The average Bonchev–Trinajstić information content (AvgIpc) is 3.05. The summed E-state index contributed by atoms with van der Waals surface area (Å²) < 4.78 is 20.1. The molecule has 0 spiro atoms. The first-order valence-electron chi connectivity index (χ1n) is 6.97. The molecule has 6 nitrogen and oxygen atoms in total. The van der Waals surface area contributed by atoms with Crippen LogP contribution in [0.3, 0.4) is 0 Å². The van der Waals surface area contributed by atoms with Crippen molar-refractivity contribution in [3.63, 3.8) is 0 Å². The van der Waals surface area contributed by atoms with Gasteiger partial charge in [0.2, 0.25) is 5.91 Å². The number of carbonyl (C=O) groups is 2. The third-order valence-electron chi connectivity index (χ3n) is 3.23. The van der Waals surface area contributed by atoms with Crippen LogP contribution in [0.2, 0.25) is 0 Å². The van der Waals surface area contributed by atoms with Gasteiger partial charge in [-0.05, 0) is 36.4 Å². The van der Waals surface area contributed by atoms with E-state index in [4.69, 9.17) is 10.5 Å². The predicted molar refractivity (Wildman–Crippen MR) is 83.4 cm³/mol. The lowest BCUT2D eigenvalue weighted by molar-refractivity contribution is 0.0727. The van der Waals surface area contributed by atoms with Crippen LogP contribution in [0.1, 0.15) is 20.8 Å². The van der Waals surface area contributed by atoms with E-state index >= 15 is 0 Å². The van der Waals surface area contributed by atoms with Gasteiger partial charge in [0.1, 0.15) is 17.3 Å². The van der Waals surface area contributed by atoms with E-state index in [2.05, 4.69) is 5.10 Å². The van der Waals surface area contributed by atoms with Crippen molar-refractivity contribution >= 4 is 11.9 Å². The Morgan fingerprint density at radius 3 is 2.62 bits per heavy atom. The Kier molecular flexibility index (Phi) is 4.07. The number of carbonyl (C=O) groups excluding carboxylic acids is 2. The number of primary amides is 1. The summed E-state index contributed by atoms with van der Waals surface area (Å²) in [6.45, 7) is 0. The number of hydrogen-bond acceptors (Lipinski definition) is 4. The van der Waals surface area contributed by atoms with Crippen molar-refractivity contribution in [2.24, 2.45) is 5.73 Å². The molecule has 7 heteroatoms. The van der Waals surface area contributed by atoms with Crippen molar-refractivity contribution in [2.75, 3.05) is 0 Å². The summed E-state index contributed by atoms with van der Waals surface area (Å²) in [7, 11) is 0. The van der Waals surface area contributed by atoms with Gasteiger partial charge in [-0.25, -0.2) is 13.9 Å². The maximum atomic E-state index is 13.7. The molecule has 0 unspecified atom stereocenters. The van der Waals surface area contributed by atoms with Crippen LogP contribution in [0, 0.1) is 5.82 Å². The van der Waals surface area contributed by atoms with Crippen molar-refractivity contribution in [1.29, 1.82) is 0 Å². The SMILES string of the molecule is NC(=O)c1cccc(OC(=O)c2ccn(-c3ccccc3F)n2)c1. The molecule has 1 amide bonds. The zero-order valence-electron chi connectivity index (χ0n) is 12.3. The lowest BCUT2D eigenvalue weighted by atomic mass is 10.2. The number of nitrogens with two attached hydrogens (primary N) is 1. The lowest BCUT2D eigenvalue weighted by Crippen LogP contribution is -2.13. The fraction of sp³-hybridized carbons (Fsp3) is 0. The normalized spacial score (nSPS) is 10.4. The first kappa shape index (κ1) is 15.4. The van der Waals surface area contributed by atoms with Gasteiger partial charge in [0, 0.05) is 11.8 Å². The number of amides is 1. The van der Waals surface area contributed by atoms with E-state index < -0.39 is 17.7 Å². The summed E-state index contributed by atoms with van der Waals surface area (Å²) >= 11 is 0. The molecule has 120 valence electrons. The molecule has 24 heavy (non-hydrogen) atoms. The van der Waals surface area contributed by atoms with Gasteiger partial charge in [0.15, 0.2) is 5.69 Å². The molecule has 0 radical (unpaired) electrons. The van der Waals surface area contributed by atoms with Crippen LogP contribution in [-0.2, 0) is 0 Å². The zero-order chi connectivity index (χ0) is 17.1. The van der Waals surface area contributed by atoms with Crippen LogP contribution in [-0.4, -0.2) is 21.7 Å². The Balaban J connectivity index is 1.81. The van der Waals surface area contributed by atoms with Gasteiger partial charge in [-0.3, -0.25) is 4.79 Å². The maximum absolute atomic E-state index is 13.7. The minimum absolute atomic E-state index is 0.00253. The number of esters is 1. The molecular weight excluding hydrogens is 313 g/mol. The summed E-state index contributed by atoms with van der Waals surface area (Å²) in [5, 5.41) is 4.01. The molecular formula is C17H12FN3O3. The van der Waals surface area contributed by atoms with Crippen molar-refractivity contribution in [1.82, 2.24) is 9.78 Å². The Morgan fingerprint density at radius 2 is 1.88 bits per heavy atom. The molecule has 0 saturated carbocycles. The van der Waals surface area contributed by atoms with Crippen molar-refractivity contribution in [3.05, 3.63) is 77.9 Å². The second kappa shape index (κ2) is 6.33. The van der Waals surface area contributed by atoms with Crippen LogP contribution >= 0.6 is 0 Å². The number of hydrogen-bond donors (Lipinski definition) is 1. The number of para-hydroxylation sites is 1. The van der Waals surface area contributed by atoms with Crippen LogP contribution < -0.4 is 10.5 Å². The molecule has 2 N–H and O–H groups in total. The number of nitrogens with zero attached hydrogens (tertiary/aromatic N) is 2. The van der Waals surface area contributed by atoms with E-state index in [-0.39, 0.29) is 22.7 Å². The number of aromatic nitrogens is 2. The summed E-state index contributed by atoms with van der Waals surface area (Å²) in [4.78, 5) is 23.2. The molecule has 2 aromatic carbocycles. The minimum Gasteiger partial charge on any atom is -0.422 e. The fourth-order valence-corrected chi connectivity index (χ4v) is 2.08. The van der Waals surface area contributed by atoms with Crippen molar-refractivity contribution < 1.29 is 18.7 Å². The van der Waals surface area contributed by atoms with Crippen LogP contribution in [0.15, 0.2) is 60.8 Å². The van der Waals surface area contributed by atoms with Gasteiger partial charge >= 0.3 is 5.97 Å². The molecule has 3 rings (SSSR count). The highest BCUT2D eigenvalue weighted by atomic mass is 19.1. The Bertz CT molecular complexity index is 921. The van der Waals surface area contributed by atoms with Gasteiger partial charge in [-0.2, -0.15) is 5.10 Å². The molecule has 1 heterocycles. The van der Waals surface area contributed by atoms with Gasteiger partial charge in [-0.15, -0.1) is 0 Å².